The molecule has 0 aliphatic rings. The van der Waals surface area contributed by atoms with Gasteiger partial charge in [-0.25, -0.2) is 4.79 Å². The molecule has 1 aromatic heterocycles. The molecule has 10 heteroatoms. The summed E-state index contributed by atoms with van der Waals surface area (Å²) in [5.41, 5.74) is 2.57. The van der Waals surface area contributed by atoms with Gasteiger partial charge in [-0.2, -0.15) is 0 Å². The van der Waals surface area contributed by atoms with Gasteiger partial charge in [-0.15, -0.1) is 10.2 Å². The summed E-state index contributed by atoms with van der Waals surface area (Å²) in [4.78, 5) is 27.5. The summed E-state index contributed by atoms with van der Waals surface area (Å²) in [6, 6.07) is 13.4. The molecule has 2 atom stereocenters. The normalized spacial score (nSPS) is 12.5. The molecule has 33 heavy (non-hydrogen) atoms. The number of rotatable bonds is 8. The number of hydrogen-bond acceptors (Lipinski definition) is 6. The van der Waals surface area contributed by atoms with Crippen LogP contribution in [-0.4, -0.2) is 42.3 Å². The summed E-state index contributed by atoms with van der Waals surface area (Å²) in [6.45, 7) is 3.87. The van der Waals surface area contributed by atoms with Gasteiger partial charge < -0.3 is 15.5 Å². The Kier molecular flexibility index (Phi) is 8.24. The number of nitrogens with one attached hydrogen (secondary N) is 3. The molecule has 2 unspecified atom stereocenters. The zero-order valence-corrected chi connectivity index (χ0v) is 20.5. The van der Waals surface area contributed by atoms with E-state index in [0.29, 0.717) is 27.3 Å². The lowest BCUT2D eigenvalue weighted by atomic mass is 9.98. The molecule has 0 saturated carbocycles. The smallest absolute Gasteiger partial charge is 0.319 e. The van der Waals surface area contributed by atoms with Gasteiger partial charge in [0.25, 0.3) is 0 Å². The molecule has 3 aromatic rings. The van der Waals surface area contributed by atoms with E-state index < -0.39 is 12.1 Å². The van der Waals surface area contributed by atoms with Crippen molar-refractivity contribution in [3.8, 4) is 10.6 Å². The quantitative estimate of drug-likeness (QED) is 0.411. The fraction of sp³-hybridized carbons (Fsp3) is 0.304. The van der Waals surface area contributed by atoms with Gasteiger partial charge in [0.2, 0.25) is 11.0 Å². The molecule has 3 amide bonds. The fourth-order valence-corrected chi connectivity index (χ4v) is 3.90. The Morgan fingerprint density at radius 3 is 2.30 bits per heavy atom. The van der Waals surface area contributed by atoms with Crippen LogP contribution in [0.15, 0.2) is 48.5 Å². The van der Waals surface area contributed by atoms with Crippen LogP contribution in [0, 0.1) is 5.92 Å². The number of hydrogen-bond donors (Lipinski definition) is 3. The Balaban J connectivity index is 1.66. The van der Waals surface area contributed by atoms with Crippen LogP contribution in [0.2, 0.25) is 5.02 Å². The minimum Gasteiger partial charge on any atom is -0.378 e. The van der Waals surface area contributed by atoms with Gasteiger partial charge in [-0.05, 0) is 54.4 Å². The number of anilines is 3. The summed E-state index contributed by atoms with van der Waals surface area (Å²) < 4.78 is 0. The van der Waals surface area contributed by atoms with Gasteiger partial charge in [-0.3, -0.25) is 10.1 Å². The third kappa shape index (κ3) is 6.66. The van der Waals surface area contributed by atoms with Crippen molar-refractivity contribution in [3.63, 3.8) is 0 Å². The van der Waals surface area contributed by atoms with Crippen LogP contribution >= 0.6 is 22.9 Å². The van der Waals surface area contributed by atoms with Crippen LogP contribution in [0.25, 0.3) is 10.6 Å². The number of benzene rings is 2. The predicted octanol–water partition coefficient (Wildman–Crippen LogP) is 5.10. The fourth-order valence-electron chi connectivity index (χ4n) is 3.02. The van der Waals surface area contributed by atoms with Crippen molar-refractivity contribution < 1.29 is 9.59 Å². The second-order valence-electron chi connectivity index (χ2n) is 7.81. The molecule has 0 aliphatic heterocycles. The van der Waals surface area contributed by atoms with E-state index in [9.17, 15) is 9.59 Å². The molecular weight excluding hydrogens is 460 g/mol. The van der Waals surface area contributed by atoms with Gasteiger partial charge in [0, 0.05) is 36.1 Å². The molecule has 3 N–H and O–H groups in total. The number of halogens is 1. The largest absolute Gasteiger partial charge is 0.378 e. The zero-order valence-electron chi connectivity index (χ0n) is 18.9. The lowest BCUT2D eigenvalue weighted by Gasteiger charge is -2.23. The molecule has 0 spiro atoms. The monoisotopic (exact) mass is 486 g/mol. The molecule has 174 valence electrons. The summed E-state index contributed by atoms with van der Waals surface area (Å²) in [7, 11) is 3.95. The van der Waals surface area contributed by atoms with Crippen LogP contribution in [0.3, 0.4) is 0 Å². The molecule has 0 radical (unpaired) electrons. The molecule has 8 nitrogen and oxygen atoms in total. The van der Waals surface area contributed by atoms with Crippen molar-refractivity contribution in [1.29, 1.82) is 0 Å². The average Bonchev–Trinajstić information content (AvgIpc) is 3.27. The second kappa shape index (κ2) is 11.1. The topological polar surface area (TPSA) is 99.2 Å². The van der Waals surface area contributed by atoms with E-state index in [1.54, 1.807) is 24.3 Å². The highest BCUT2D eigenvalue weighted by Gasteiger charge is 2.27. The van der Waals surface area contributed by atoms with Gasteiger partial charge in [0.1, 0.15) is 11.0 Å². The van der Waals surface area contributed by atoms with Crippen LogP contribution in [0.1, 0.15) is 20.3 Å². The van der Waals surface area contributed by atoms with Crippen LogP contribution < -0.4 is 20.9 Å². The van der Waals surface area contributed by atoms with Crippen molar-refractivity contribution in [2.24, 2.45) is 5.92 Å². The molecule has 0 bridgehead atoms. The lowest BCUT2D eigenvalue weighted by molar-refractivity contribution is -0.119. The van der Waals surface area contributed by atoms with Gasteiger partial charge in [-0.1, -0.05) is 43.2 Å². The summed E-state index contributed by atoms with van der Waals surface area (Å²) in [5, 5.41) is 18.2. The van der Waals surface area contributed by atoms with Crippen molar-refractivity contribution in [1.82, 2.24) is 15.5 Å². The minimum absolute atomic E-state index is 0.0908. The first-order valence-electron chi connectivity index (χ1n) is 10.5. The Morgan fingerprint density at radius 1 is 1.03 bits per heavy atom. The maximum atomic E-state index is 13.0. The lowest BCUT2D eigenvalue weighted by Crippen LogP contribution is -2.49. The maximum Gasteiger partial charge on any atom is 0.319 e. The number of urea groups is 1. The molecule has 2 aromatic carbocycles. The van der Waals surface area contributed by atoms with Crippen LogP contribution in [0.5, 0.6) is 0 Å². The number of nitrogens with zero attached hydrogens (tertiary/aromatic N) is 3. The summed E-state index contributed by atoms with van der Waals surface area (Å²) in [5.74, 6) is -0.437. The van der Waals surface area contributed by atoms with E-state index in [-0.39, 0.29) is 11.8 Å². The van der Waals surface area contributed by atoms with E-state index in [1.165, 1.54) is 11.3 Å². The number of amides is 3. The van der Waals surface area contributed by atoms with E-state index in [1.807, 2.05) is 57.1 Å². The second-order valence-corrected chi connectivity index (χ2v) is 9.23. The van der Waals surface area contributed by atoms with Crippen LogP contribution in [-0.2, 0) is 4.79 Å². The van der Waals surface area contributed by atoms with Gasteiger partial charge in [0.15, 0.2) is 0 Å². The average molecular weight is 487 g/mol. The Labute approximate surface area is 202 Å². The van der Waals surface area contributed by atoms with Crippen molar-refractivity contribution in [3.05, 3.63) is 53.6 Å². The molecule has 0 saturated heterocycles. The number of carbonyl (C=O) groups is 2. The maximum absolute atomic E-state index is 13.0. The standard InChI is InChI=1S/C23H27ClN6O2S/c1-5-14(2)19(26-22(32)25-17-10-8-16(24)9-11-17)20(31)27-23-29-28-21(33-23)15-6-12-18(13-7-15)30(3)4/h6-14,19H,5H2,1-4H3,(H2,25,26,32)(H,27,29,31). The number of carbonyl (C=O) groups excluding carboxylic acids is 2. The molecule has 3 rings (SSSR count). The summed E-state index contributed by atoms with van der Waals surface area (Å²) >= 11 is 7.16. The zero-order chi connectivity index (χ0) is 24.0. The van der Waals surface area contributed by atoms with Crippen LogP contribution in [0.4, 0.5) is 21.3 Å². The third-order valence-corrected chi connectivity index (χ3v) is 6.31. The first kappa shape index (κ1) is 24.5. The molecule has 1 heterocycles. The predicted molar refractivity (Wildman–Crippen MR) is 135 cm³/mol. The Hall–Kier alpha value is -3.17. The van der Waals surface area contributed by atoms with E-state index in [0.717, 1.165) is 11.3 Å². The highest BCUT2D eigenvalue weighted by molar-refractivity contribution is 7.18. The van der Waals surface area contributed by atoms with E-state index in [2.05, 4.69) is 26.1 Å². The Morgan fingerprint density at radius 2 is 1.70 bits per heavy atom. The molecule has 0 aliphatic carbocycles. The van der Waals surface area contributed by atoms with E-state index >= 15 is 0 Å². The minimum atomic E-state index is -0.742. The molecular formula is C23H27ClN6O2S. The first-order valence-corrected chi connectivity index (χ1v) is 11.7. The third-order valence-electron chi connectivity index (χ3n) is 5.17. The van der Waals surface area contributed by atoms with Crippen molar-refractivity contribution >= 4 is 51.4 Å². The SMILES string of the molecule is CCC(C)C(NC(=O)Nc1ccc(Cl)cc1)C(=O)Nc1nnc(-c2ccc(N(C)C)cc2)s1. The van der Waals surface area contributed by atoms with Crippen molar-refractivity contribution in [2.75, 3.05) is 29.6 Å². The summed E-state index contributed by atoms with van der Waals surface area (Å²) in [6.07, 6.45) is 0.707. The molecule has 0 fully saturated rings. The highest BCUT2D eigenvalue weighted by Crippen LogP contribution is 2.28. The number of aromatic nitrogens is 2. The van der Waals surface area contributed by atoms with Gasteiger partial charge >= 0.3 is 6.03 Å². The van der Waals surface area contributed by atoms with Crippen molar-refractivity contribution in [2.45, 2.75) is 26.3 Å². The first-order chi connectivity index (χ1) is 15.8. The Bertz CT molecular complexity index is 1090. The van der Waals surface area contributed by atoms with E-state index in [4.69, 9.17) is 11.6 Å². The highest BCUT2D eigenvalue weighted by atomic mass is 35.5. The van der Waals surface area contributed by atoms with Gasteiger partial charge in [0.05, 0.1) is 0 Å².